The molecule has 0 saturated carbocycles. The lowest BCUT2D eigenvalue weighted by atomic mass is 9.92. The molecule has 1 aromatic heterocycles. The van der Waals surface area contributed by atoms with Crippen LogP contribution in [0.3, 0.4) is 0 Å². The largest absolute Gasteiger partial charge is 0.486 e. The third kappa shape index (κ3) is 4.56. The molecule has 6 nitrogen and oxygen atoms in total. The molecule has 0 atom stereocenters. The van der Waals surface area contributed by atoms with Gasteiger partial charge in [0.15, 0.2) is 5.82 Å². The van der Waals surface area contributed by atoms with Crippen molar-refractivity contribution in [2.45, 2.75) is 32.3 Å². The van der Waals surface area contributed by atoms with Crippen LogP contribution in [-0.2, 0) is 19.4 Å². The van der Waals surface area contributed by atoms with Gasteiger partial charge in [0.25, 0.3) is 0 Å². The molecule has 2 aromatic carbocycles. The number of fused-ring (bicyclic) bond motifs is 1. The number of hydrogen-bond donors (Lipinski definition) is 1. The zero-order valence-corrected chi connectivity index (χ0v) is 17.6. The first kappa shape index (κ1) is 19.4. The van der Waals surface area contributed by atoms with Crippen molar-refractivity contribution in [2.24, 2.45) is 5.10 Å². The van der Waals surface area contributed by atoms with Gasteiger partial charge < -0.3 is 9.64 Å². The number of aryl methyl sites for hydroxylation is 2. The molecule has 150 valence electrons. The summed E-state index contributed by atoms with van der Waals surface area (Å²) in [4.78, 5) is 2.06. The molecule has 1 heterocycles. The van der Waals surface area contributed by atoms with Gasteiger partial charge in [0, 0.05) is 19.8 Å². The summed E-state index contributed by atoms with van der Waals surface area (Å²) in [7, 11) is 4.03. The minimum atomic E-state index is 0.294. The molecular weight excluding hydrogens is 382 g/mol. The van der Waals surface area contributed by atoms with Crippen molar-refractivity contribution in [3.05, 3.63) is 69.8 Å². The number of rotatable bonds is 6. The number of aromatic amines is 1. The van der Waals surface area contributed by atoms with E-state index in [1.807, 2.05) is 32.3 Å². The molecule has 1 aliphatic rings. The number of aromatic nitrogens is 3. The maximum atomic E-state index is 5.98. The van der Waals surface area contributed by atoms with Gasteiger partial charge in [-0.2, -0.15) is 14.9 Å². The highest BCUT2D eigenvalue weighted by molar-refractivity contribution is 7.71. The average molecular weight is 408 g/mol. The Morgan fingerprint density at radius 1 is 1.14 bits per heavy atom. The van der Waals surface area contributed by atoms with E-state index < -0.39 is 0 Å². The van der Waals surface area contributed by atoms with Gasteiger partial charge in [0.2, 0.25) is 4.77 Å². The van der Waals surface area contributed by atoms with Gasteiger partial charge in [0.05, 0.1) is 6.21 Å². The molecule has 29 heavy (non-hydrogen) atoms. The fraction of sp³-hybridized carbons (Fsp3) is 0.318. The van der Waals surface area contributed by atoms with Crippen LogP contribution in [0.25, 0.3) is 0 Å². The number of H-pyrrole nitrogens is 1. The number of anilines is 1. The number of nitrogens with zero attached hydrogens (tertiary/aromatic N) is 4. The Kier molecular flexibility index (Phi) is 5.76. The molecule has 0 radical (unpaired) electrons. The van der Waals surface area contributed by atoms with E-state index >= 15 is 0 Å². The monoisotopic (exact) mass is 407 g/mol. The maximum absolute atomic E-state index is 5.98. The number of benzene rings is 2. The third-order valence-electron chi connectivity index (χ3n) is 5.14. The zero-order valence-electron chi connectivity index (χ0n) is 16.8. The van der Waals surface area contributed by atoms with E-state index in [-0.39, 0.29) is 0 Å². The molecule has 7 heteroatoms. The van der Waals surface area contributed by atoms with Crippen LogP contribution in [0.1, 0.15) is 35.4 Å². The van der Waals surface area contributed by atoms with Gasteiger partial charge in [-0.25, -0.2) is 5.10 Å². The smallest absolute Gasteiger partial charge is 0.216 e. The highest BCUT2D eigenvalue weighted by Crippen LogP contribution is 2.25. The minimum absolute atomic E-state index is 0.294. The summed E-state index contributed by atoms with van der Waals surface area (Å²) in [6, 6.07) is 14.5. The van der Waals surface area contributed by atoms with E-state index in [0.29, 0.717) is 17.2 Å². The number of nitrogens with one attached hydrogen (secondary N) is 1. The maximum Gasteiger partial charge on any atom is 0.216 e. The predicted molar refractivity (Wildman–Crippen MR) is 119 cm³/mol. The lowest BCUT2D eigenvalue weighted by Crippen LogP contribution is -2.08. The third-order valence-corrected chi connectivity index (χ3v) is 5.40. The molecular formula is C22H25N5OS. The average Bonchev–Trinajstić information content (AvgIpc) is 3.10. The first-order chi connectivity index (χ1) is 14.1. The quantitative estimate of drug-likeness (QED) is 0.488. The van der Waals surface area contributed by atoms with Gasteiger partial charge in [-0.3, -0.25) is 0 Å². The Morgan fingerprint density at radius 2 is 1.90 bits per heavy atom. The van der Waals surface area contributed by atoms with E-state index in [0.717, 1.165) is 23.4 Å². The standard InChI is InChI=1S/C22H25N5OS/c1-26(2)19-10-7-16(8-11-19)14-23-27-21(24-25-22(27)29)15-28-20-12-9-17-5-3-4-6-18(17)13-20/h7-14H,3-6,15H2,1-2H3,(H,25,29)/b23-14+. The second kappa shape index (κ2) is 8.61. The summed E-state index contributed by atoms with van der Waals surface area (Å²) in [5.74, 6) is 1.49. The van der Waals surface area contributed by atoms with Gasteiger partial charge >= 0.3 is 0 Å². The van der Waals surface area contributed by atoms with Crippen molar-refractivity contribution < 1.29 is 4.74 Å². The lowest BCUT2D eigenvalue weighted by Gasteiger charge is -2.16. The van der Waals surface area contributed by atoms with Crippen molar-refractivity contribution in [3.63, 3.8) is 0 Å². The second-order valence-corrected chi connectivity index (χ2v) is 7.80. The highest BCUT2D eigenvalue weighted by atomic mass is 32.1. The van der Waals surface area contributed by atoms with Crippen molar-refractivity contribution in [2.75, 3.05) is 19.0 Å². The van der Waals surface area contributed by atoms with E-state index in [4.69, 9.17) is 17.0 Å². The van der Waals surface area contributed by atoms with E-state index in [1.165, 1.54) is 30.4 Å². The summed E-state index contributed by atoms with van der Waals surface area (Å²) in [6.45, 7) is 0.294. The summed E-state index contributed by atoms with van der Waals surface area (Å²) in [5, 5.41) is 11.6. The van der Waals surface area contributed by atoms with Crippen molar-refractivity contribution in [1.82, 2.24) is 14.9 Å². The summed E-state index contributed by atoms with van der Waals surface area (Å²) in [5.41, 5.74) is 4.96. The zero-order chi connectivity index (χ0) is 20.2. The minimum Gasteiger partial charge on any atom is -0.486 e. The topological polar surface area (TPSA) is 58.4 Å². The van der Waals surface area contributed by atoms with E-state index in [1.54, 1.807) is 10.9 Å². The van der Waals surface area contributed by atoms with Crippen LogP contribution < -0.4 is 9.64 Å². The Hall–Kier alpha value is -2.93. The normalized spacial score (nSPS) is 13.4. The van der Waals surface area contributed by atoms with Crippen LogP contribution in [-0.4, -0.2) is 35.2 Å². The molecule has 0 fully saturated rings. The van der Waals surface area contributed by atoms with Crippen LogP contribution in [0.4, 0.5) is 5.69 Å². The first-order valence-corrected chi connectivity index (χ1v) is 10.2. The molecule has 0 aliphatic heterocycles. The molecule has 3 aromatic rings. The summed E-state index contributed by atoms with van der Waals surface area (Å²) >= 11 is 5.32. The SMILES string of the molecule is CN(C)c1ccc(/C=N/n2c(COc3ccc4c(c3)CCCC4)n[nH]c2=S)cc1. The van der Waals surface area contributed by atoms with Gasteiger partial charge in [0.1, 0.15) is 12.4 Å². The Labute approximate surface area is 175 Å². The van der Waals surface area contributed by atoms with Crippen molar-refractivity contribution in [1.29, 1.82) is 0 Å². The Bertz CT molecular complexity index is 1070. The van der Waals surface area contributed by atoms with Gasteiger partial charge in [-0.15, -0.1) is 0 Å². The van der Waals surface area contributed by atoms with E-state index in [2.05, 4.69) is 44.5 Å². The van der Waals surface area contributed by atoms with Gasteiger partial charge in [-0.1, -0.05) is 18.2 Å². The van der Waals surface area contributed by atoms with Crippen molar-refractivity contribution >= 4 is 24.1 Å². The molecule has 1 N–H and O–H groups in total. The first-order valence-electron chi connectivity index (χ1n) is 9.83. The molecule has 0 spiro atoms. The van der Waals surface area contributed by atoms with Crippen LogP contribution in [0.2, 0.25) is 0 Å². The fourth-order valence-electron chi connectivity index (χ4n) is 3.47. The van der Waals surface area contributed by atoms with Gasteiger partial charge in [-0.05, 0) is 78.9 Å². The number of hydrogen-bond acceptors (Lipinski definition) is 5. The highest BCUT2D eigenvalue weighted by Gasteiger charge is 2.11. The van der Waals surface area contributed by atoms with Crippen LogP contribution in [0.15, 0.2) is 47.6 Å². The fourth-order valence-corrected chi connectivity index (χ4v) is 3.67. The second-order valence-electron chi connectivity index (χ2n) is 7.41. The summed E-state index contributed by atoms with van der Waals surface area (Å²) in [6.07, 6.45) is 6.59. The van der Waals surface area contributed by atoms with Crippen LogP contribution >= 0.6 is 12.2 Å². The van der Waals surface area contributed by atoms with Crippen LogP contribution in [0.5, 0.6) is 5.75 Å². The number of ether oxygens (including phenoxy) is 1. The molecule has 4 rings (SSSR count). The molecule has 0 bridgehead atoms. The van der Waals surface area contributed by atoms with Crippen LogP contribution in [0, 0.1) is 4.77 Å². The van der Waals surface area contributed by atoms with E-state index in [9.17, 15) is 0 Å². The molecule has 1 aliphatic carbocycles. The molecule has 0 amide bonds. The molecule has 0 saturated heterocycles. The predicted octanol–water partition coefficient (Wildman–Crippen LogP) is 4.35. The Balaban J connectivity index is 1.46. The van der Waals surface area contributed by atoms with Crippen molar-refractivity contribution in [3.8, 4) is 5.75 Å². The molecule has 0 unspecified atom stereocenters. The summed E-state index contributed by atoms with van der Waals surface area (Å²) < 4.78 is 8.02. The lowest BCUT2D eigenvalue weighted by molar-refractivity contribution is 0.290. The Morgan fingerprint density at radius 3 is 2.66 bits per heavy atom.